The van der Waals surface area contributed by atoms with Crippen molar-refractivity contribution in [1.82, 2.24) is 4.90 Å². The first-order chi connectivity index (χ1) is 11.0. The van der Waals surface area contributed by atoms with Gasteiger partial charge in [-0.05, 0) is 60.1 Å². The maximum atomic E-state index is 11.3. The van der Waals surface area contributed by atoms with Crippen LogP contribution in [0.1, 0.15) is 31.4 Å². The maximum Gasteiger partial charge on any atom is 0.331 e. The highest BCUT2D eigenvalue weighted by Gasteiger charge is 2.48. The molecule has 1 aromatic carbocycles. The van der Waals surface area contributed by atoms with Crippen LogP contribution >= 0.6 is 0 Å². The van der Waals surface area contributed by atoms with E-state index in [1.165, 1.54) is 17.2 Å². The number of esters is 1. The topological polar surface area (TPSA) is 49.8 Å². The molecule has 1 saturated heterocycles. The van der Waals surface area contributed by atoms with Crippen LogP contribution in [0.2, 0.25) is 0 Å². The number of aromatic hydroxyl groups is 1. The Labute approximate surface area is 136 Å². The second kappa shape index (κ2) is 5.10. The number of nitrogens with zero attached hydrogens (tertiary/aromatic N) is 1. The summed E-state index contributed by atoms with van der Waals surface area (Å²) in [4.78, 5) is 13.8. The quantitative estimate of drug-likeness (QED) is 0.852. The third-order valence-corrected chi connectivity index (χ3v) is 6.24. The Balaban J connectivity index is 1.62. The van der Waals surface area contributed by atoms with Gasteiger partial charge in [-0.3, -0.25) is 4.90 Å². The Morgan fingerprint density at radius 1 is 1.43 bits per heavy atom. The van der Waals surface area contributed by atoms with Crippen LogP contribution in [-0.2, 0) is 21.4 Å². The van der Waals surface area contributed by atoms with Gasteiger partial charge in [0.05, 0.1) is 0 Å². The zero-order valence-electron chi connectivity index (χ0n) is 13.7. The van der Waals surface area contributed by atoms with E-state index in [9.17, 15) is 9.90 Å². The van der Waals surface area contributed by atoms with E-state index in [0.29, 0.717) is 17.7 Å². The SMILES string of the molecule is C[C@H]1[C@H]2Cc3ccc(O)cc3[C@@]1(C)CCN2C[C@@H]1C=CC(=O)O1. The molecule has 122 valence electrons. The van der Waals surface area contributed by atoms with Gasteiger partial charge in [0.1, 0.15) is 11.9 Å². The number of phenols is 1. The zero-order valence-corrected chi connectivity index (χ0v) is 13.7. The lowest BCUT2D eigenvalue weighted by atomic mass is 9.59. The van der Waals surface area contributed by atoms with Crippen molar-refractivity contribution in [2.75, 3.05) is 13.1 Å². The van der Waals surface area contributed by atoms with Crippen LogP contribution in [0.4, 0.5) is 0 Å². The number of cyclic esters (lactones) is 1. The Bertz CT molecular complexity index is 683. The van der Waals surface area contributed by atoms with E-state index in [-0.39, 0.29) is 17.5 Å². The number of carbonyl (C=O) groups excluding carboxylic acids is 1. The summed E-state index contributed by atoms with van der Waals surface area (Å²) < 4.78 is 5.32. The van der Waals surface area contributed by atoms with Crippen molar-refractivity contribution >= 4 is 5.97 Å². The second-order valence-corrected chi connectivity index (χ2v) is 7.40. The summed E-state index contributed by atoms with van der Waals surface area (Å²) in [6, 6.07) is 6.28. The summed E-state index contributed by atoms with van der Waals surface area (Å²) in [6.45, 7) is 6.43. The number of hydrogen-bond donors (Lipinski definition) is 1. The lowest BCUT2D eigenvalue weighted by molar-refractivity contribution is -0.140. The standard InChI is InChI=1S/C19H23NO3/c1-12-17-9-13-3-4-14(21)10-16(13)19(12,2)7-8-20(17)11-15-5-6-18(22)23-15/h3-6,10,12,15,17,21H,7-9,11H2,1-2H3/t12-,15-,17+,19-/m0/s1. The Morgan fingerprint density at radius 3 is 3.00 bits per heavy atom. The van der Waals surface area contributed by atoms with Gasteiger partial charge in [-0.1, -0.05) is 19.9 Å². The predicted octanol–water partition coefficient (Wildman–Crippen LogP) is 2.40. The third-order valence-electron chi connectivity index (χ3n) is 6.24. The molecule has 0 unspecified atom stereocenters. The summed E-state index contributed by atoms with van der Waals surface area (Å²) in [5, 5.41) is 9.89. The Kier molecular flexibility index (Phi) is 3.27. The van der Waals surface area contributed by atoms with Crippen LogP contribution in [0.15, 0.2) is 30.4 Å². The molecule has 0 aromatic heterocycles. The molecule has 0 amide bonds. The van der Waals surface area contributed by atoms with Crippen molar-refractivity contribution in [3.63, 3.8) is 0 Å². The minimum absolute atomic E-state index is 0.107. The van der Waals surface area contributed by atoms with Gasteiger partial charge < -0.3 is 9.84 Å². The monoisotopic (exact) mass is 313 g/mol. The number of carbonyl (C=O) groups is 1. The summed E-state index contributed by atoms with van der Waals surface area (Å²) in [6.07, 6.45) is 5.35. The second-order valence-electron chi connectivity index (χ2n) is 7.40. The summed E-state index contributed by atoms with van der Waals surface area (Å²) >= 11 is 0. The molecule has 4 nitrogen and oxygen atoms in total. The molecule has 4 atom stereocenters. The van der Waals surface area contributed by atoms with Crippen molar-refractivity contribution in [2.24, 2.45) is 5.92 Å². The van der Waals surface area contributed by atoms with Crippen molar-refractivity contribution in [3.8, 4) is 5.75 Å². The maximum absolute atomic E-state index is 11.3. The van der Waals surface area contributed by atoms with Gasteiger partial charge in [0.2, 0.25) is 0 Å². The normalized spacial score (nSPS) is 35.9. The Hall–Kier alpha value is -1.81. The fourth-order valence-corrected chi connectivity index (χ4v) is 4.67. The number of rotatable bonds is 2. The largest absolute Gasteiger partial charge is 0.508 e. The fourth-order valence-electron chi connectivity index (χ4n) is 4.67. The lowest BCUT2D eigenvalue weighted by Crippen LogP contribution is -2.59. The number of fused-ring (bicyclic) bond motifs is 4. The molecular formula is C19H23NO3. The molecule has 1 N–H and O–H groups in total. The predicted molar refractivity (Wildman–Crippen MR) is 87.3 cm³/mol. The van der Waals surface area contributed by atoms with Crippen LogP contribution in [-0.4, -0.2) is 41.2 Å². The average molecular weight is 313 g/mol. The summed E-state index contributed by atoms with van der Waals surface area (Å²) in [5.41, 5.74) is 2.76. The number of benzene rings is 1. The minimum atomic E-state index is -0.227. The van der Waals surface area contributed by atoms with Crippen molar-refractivity contribution < 1.29 is 14.6 Å². The summed E-state index contributed by atoms with van der Waals surface area (Å²) in [7, 11) is 0. The first kappa shape index (κ1) is 14.8. The van der Waals surface area contributed by atoms with Crippen LogP contribution in [0.5, 0.6) is 5.75 Å². The molecule has 2 heterocycles. The van der Waals surface area contributed by atoms with Crippen molar-refractivity contribution in [3.05, 3.63) is 41.5 Å². The van der Waals surface area contributed by atoms with Gasteiger partial charge in [0.15, 0.2) is 0 Å². The van der Waals surface area contributed by atoms with E-state index in [2.05, 4.69) is 24.8 Å². The highest BCUT2D eigenvalue weighted by molar-refractivity contribution is 5.84. The number of piperidine rings is 1. The average Bonchev–Trinajstić information content (AvgIpc) is 2.92. The molecule has 3 aliphatic rings. The van der Waals surface area contributed by atoms with Crippen LogP contribution in [0.3, 0.4) is 0 Å². The third kappa shape index (κ3) is 2.27. The lowest BCUT2D eigenvalue weighted by Gasteiger charge is -2.54. The van der Waals surface area contributed by atoms with Gasteiger partial charge >= 0.3 is 5.97 Å². The molecule has 2 aliphatic heterocycles. The number of likely N-dealkylation sites (tertiary alicyclic amines) is 1. The van der Waals surface area contributed by atoms with Crippen LogP contribution in [0.25, 0.3) is 0 Å². The van der Waals surface area contributed by atoms with E-state index >= 15 is 0 Å². The molecule has 4 rings (SSSR count). The molecule has 4 heteroatoms. The molecule has 0 radical (unpaired) electrons. The number of phenolic OH excluding ortho intramolecular Hbond substituents is 1. The highest BCUT2D eigenvalue weighted by Crippen LogP contribution is 2.49. The van der Waals surface area contributed by atoms with E-state index in [1.807, 2.05) is 12.1 Å². The number of hydrogen-bond acceptors (Lipinski definition) is 4. The van der Waals surface area contributed by atoms with Gasteiger partial charge in [-0.25, -0.2) is 4.79 Å². The van der Waals surface area contributed by atoms with E-state index in [1.54, 1.807) is 6.07 Å². The molecule has 1 aromatic rings. The Morgan fingerprint density at radius 2 is 2.26 bits per heavy atom. The van der Waals surface area contributed by atoms with Crippen molar-refractivity contribution in [2.45, 2.75) is 44.2 Å². The molecule has 0 saturated carbocycles. The van der Waals surface area contributed by atoms with Gasteiger partial charge in [0, 0.05) is 18.7 Å². The first-order valence-electron chi connectivity index (χ1n) is 8.42. The summed E-state index contributed by atoms with van der Waals surface area (Å²) in [5.74, 6) is 0.641. The first-order valence-corrected chi connectivity index (χ1v) is 8.42. The van der Waals surface area contributed by atoms with Gasteiger partial charge in [-0.15, -0.1) is 0 Å². The molecule has 1 fully saturated rings. The van der Waals surface area contributed by atoms with Crippen molar-refractivity contribution in [1.29, 1.82) is 0 Å². The molecule has 2 bridgehead atoms. The molecule has 1 aliphatic carbocycles. The zero-order chi connectivity index (χ0) is 16.2. The van der Waals surface area contributed by atoms with Gasteiger partial charge in [0.25, 0.3) is 0 Å². The number of ether oxygens (including phenoxy) is 1. The molecule has 23 heavy (non-hydrogen) atoms. The van der Waals surface area contributed by atoms with Crippen LogP contribution < -0.4 is 0 Å². The minimum Gasteiger partial charge on any atom is -0.508 e. The van der Waals surface area contributed by atoms with Crippen LogP contribution in [0, 0.1) is 5.92 Å². The van der Waals surface area contributed by atoms with E-state index in [4.69, 9.17) is 4.74 Å². The molecule has 0 spiro atoms. The smallest absolute Gasteiger partial charge is 0.331 e. The fraction of sp³-hybridized carbons (Fsp3) is 0.526. The molecular weight excluding hydrogens is 290 g/mol. The van der Waals surface area contributed by atoms with E-state index in [0.717, 1.165) is 25.9 Å². The van der Waals surface area contributed by atoms with E-state index < -0.39 is 0 Å². The van der Waals surface area contributed by atoms with Gasteiger partial charge in [-0.2, -0.15) is 0 Å². The highest BCUT2D eigenvalue weighted by atomic mass is 16.5.